The van der Waals surface area contributed by atoms with Gasteiger partial charge in [-0.15, -0.1) is 0 Å². The molecule has 1 saturated heterocycles. The van der Waals surface area contributed by atoms with Gasteiger partial charge in [0.15, 0.2) is 0 Å². The molecule has 0 aromatic carbocycles. The van der Waals surface area contributed by atoms with Gasteiger partial charge in [-0.05, 0) is 77.0 Å². The minimum atomic E-state index is -0.466. The van der Waals surface area contributed by atoms with Crippen LogP contribution in [0.3, 0.4) is 0 Å². The zero-order valence-corrected chi connectivity index (χ0v) is 30.8. The molecule has 2 unspecified atom stereocenters. The van der Waals surface area contributed by atoms with Crippen molar-refractivity contribution < 1.29 is 5.11 Å². The van der Waals surface area contributed by atoms with E-state index in [-0.39, 0.29) is 6.04 Å². The van der Waals surface area contributed by atoms with Crippen LogP contribution in [0, 0.1) is 0 Å². The highest BCUT2D eigenvalue weighted by Gasteiger charge is 2.23. The van der Waals surface area contributed by atoms with Crippen LogP contribution in [0.5, 0.6) is 0 Å². The van der Waals surface area contributed by atoms with Gasteiger partial charge in [0.25, 0.3) is 0 Å². The molecular weight excluding hydrogens is 562 g/mol. The van der Waals surface area contributed by atoms with Crippen molar-refractivity contribution in [1.29, 1.82) is 0 Å². The molecule has 1 heterocycles. The van der Waals surface area contributed by atoms with Crippen LogP contribution in [0.15, 0.2) is 48.6 Å². The van der Waals surface area contributed by atoms with Crippen molar-refractivity contribution in [2.75, 3.05) is 19.6 Å². The van der Waals surface area contributed by atoms with E-state index in [1.54, 1.807) is 0 Å². The van der Waals surface area contributed by atoms with Gasteiger partial charge in [-0.25, -0.2) is 0 Å². The normalized spacial score (nSPS) is 16.7. The summed E-state index contributed by atoms with van der Waals surface area (Å²) in [4.78, 5) is 0. The summed E-state index contributed by atoms with van der Waals surface area (Å²) < 4.78 is 0. The maximum atomic E-state index is 10.9. The topological polar surface area (TPSA) is 56.3 Å². The van der Waals surface area contributed by atoms with Crippen molar-refractivity contribution in [2.24, 2.45) is 0 Å². The van der Waals surface area contributed by atoms with Crippen LogP contribution < -0.4 is 16.0 Å². The monoisotopic (exact) mass is 642 g/mol. The van der Waals surface area contributed by atoms with E-state index in [4.69, 9.17) is 0 Å². The number of allylic oxidation sites excluding steroid dienone is 8. The van der Waals surface area contributed by atoms with Crippen LogP contribution in [0.4, 0.5) is 0 Å². The molecule has 46 heavy (non-hydrogen) atoms. The first-order valence-electron chi connectivity index (χ1n) is 20.3. The molecule has 268 valence electrons. The number of unbranched alkanes of at least 4 members (excludes halogenated alkanes) is 18. The number of piperazine rings is 1. The first-order valence-corrected chi connectivity index (χ1v) is 20.3. The van der Waals surface area contributed by atoms with Crippen LogP contribution >= 0.6 is 0 Å². The van der Waals surface area contributed by atoms with Crippen LogP contribution in [0.1, 0.15) is 181 Å². The molecule has 1 fully saturated rings. The lowest BCUT2D eigenvalue weighted by molar-refractivity contribution is 0.0714. The molecule has 0 saturated carbocycles. The van der Waals surface area contributed by atoms with E-state index < -0.39 is 6.23 Å². The van der Waals surface area contributed by atoms with E-state index in [2.05, 4.69) is 78.4 Å². The molecular formula is C42H79N3O. The van der Waals surface area contributed by atoms with E-state index in [0.29, 0.717) is 6.04 Å². The average molecular weight is 642 g/mol. The molecule has 0 amide bonds. The molecule has 0 spiro atoms. The van der Waals surface area contributed by atoms with Gasteiger partial charge in [0, 0.05) is 25.7 Å². The minimum Gasteiger partial charge on any atom is -0.377 e. The van der Waals surface area contributed by atoms with Crippen molar-refractivity contribution in [3.05, 3.63) is 48.6 Å². The van der Waals surface area contributed by atoms with E-state index >= 15 is 0 Å². The molecule has 0 bridgehead atoms. The molecule has 1 aliphatic heterocycles. The fraction of sp³-hybridized carbons (Fsp3) is 0.810. The van der Waals surface area contributed by atoms with Crippen LogP contribution in [0.25, 0.3) is 0 Å². The van der Waals surface area contributed by atoms with Crippen molar-refractivity contribution in [1.82, 2.24) is 16.0 Å². The predicted octanol–water partition coefficient (Wildman–Crippen LogP) is 11.2. The van der Waals surface area contributed by atoms with E-state index in [9.17, 15) is 5.11 Å². The Kier molecular flexibility index (Phi) is 32.7. The first kappa shape index (κ1) is 42.8. The maximum absolute atomic E-state index is 10.9. The largest absolute Gasteiger partial charge is 0.377 e. The fourth-order valence-corrected chi connectivity index (χ4v) is 6.33. The van der Waals surface area contributed by atoms with Gasteiger partial charge in [-0.3, -0.25) is 5.32 Å². The van der Waals surface area contributed by atoms with Crippen molar-refractivity contribution in [3.8, 4) is 0 Å². The van der Waals surface area contributed by atoms with Gasteiger partial charge in [0.2, 0.25) is 0 Å². The molecule has 0 radical (unpaired) electrons. The maximum Gasteiger partial charge on any atom is 0.121 e. The lowest BCUT2D eigenvalue weighted by Crippen LogP contribution is -2.59. The summed E-state index contributed by atoms with van der Waals surface area (Å²) >= 11 is 0. The van der Waals surface area contributed by atoms with E-state index in [1.807, 2.05) is 0 Å². The Bertz CT molecular complexity index is 676. The van der Waals surface area contributed by atoms with Crippen molar-refractivity contribution in [3.63, 3.8) is 0 Å². The van der Waals surface area contributed by atoms with Gasteiger partial charge in [0.05, 0.1) is 6.04 Å². The molecule has 1 rings (SSSR count). The molecule has 4 N–H and O–H groups in total. The fourth-order valence-electron chi connectivity index (χ4n) is 6.33. The summed E-state index contributed by atoms with van der Waals surface area (Å²) in [5.41, 5.74) is 0. The second-order valence-corrected chi connectivity index (χ2v) is 13.8. The number of hydrogen-bond donors (Lipinski definition) is 4. The van der Waals surface area contributed by atoms with Crippen LogP contribution in [-0.2, 0) is 0 Å². The van der Waals surface area contributed by atoms with Gasteiger partial charge < -0.3 is 15.7 Å². The summed E-state index contributed by atoms with van der Waals surface area (Å²) in [7, 11) is 0. The summed E-state index contributed by atoms with van der Waals surface area (Å²) in [5, 5.41) is 21.4. The third-order valence-electron chi connectivity index (χ3n) is 9.37. The number of rotatable bonds is 33. The first-order chi connectivity index (χ1) is 22.8. The minimum absolute atomic E-state index is 0.114. The number of hydrogen-bond acceptors (Lipinski definition) is 4. The van der Waals surface area contributed by atoms with Crippen molar-refractivity contribution in [2.45, 2.75) is 199 Å². The average Bonchev–Trinajstić information content (AvgIpc) is 3.08. The lowest BCUT2D eigenvalue weighted by atomic mass is 9.99. The highest BCUT2D eigenvalue weighted by Crippen LogP contribution is 2.16. The number of aliphatic hydroxyl groups excluding tert-OH is 1. The van der Waals surface area contributed by atoms with Gasteiger partial charge in [0.1, 0.15) is 6.23 Å². The van der Waals surface area contributed by atoms with E-state index in [0.717, 1.165) is 32.5 Å². The Balaban J connectivity index is 2.13. The Morgan fingerprint density at radius 3 is 1.37 bits per heavy atom. The molecule has 0 aliphatic carbocycles. The molecule has 0 aromatic rings. The highest BCUT2D eigenvalue weighted by atomic mass is 16.3. The van der Waals surface area contributed by atoms with Gasteiger partial charge in [-0.2, -0.15) is 0 Å². The second-order valence-electron chi connectivity index (χ2n) is 13.8. The summed E-state index contributed by atoms with van der Waals surface area (Å²) in [6.07, 6.45) is 51.8. The second kappa shape index (κ2) is 35.1. The standard InChI is InChI=1S/C42H79N3O/c1-3-5-7-9-11-13-15-17-19-21-23-25-27-29-31-33-35-40(45-42(46)41-39-43-37-38-44-41)36-34-32-30-28-26-24-22-20-18-16-14-12-10-8-6-4-2/h11-14,17-20,40-46H,3-10,15-16,21-39H2,1-2H3/b13-11-,14-12-,19-17-,20-18-. The molecule has 1 aliphatic rings. The zero-order chi connectivity index (χ0) is 33.0. The van der Waals surface area contributed by atoms with Gasteiger partial charge >= 0.3 is 0 Å². The number of nitrogens with one attached hydrogen (secondary N) is 3. The Morgan fingerprint density at radius 2 is 0.957 bits per heavy atom. The van der Waals surface area contributed by atoms with E-state index in [1.165, 1.54) is 154 Å². The molecule has 4 nitrogen and oxygen atoms in total. The molecule has 0 aromatic heterocycles. The van der Waals surface area contributed by atoms with Crippen LogP contribution in [0.2, 0.25) is 0 Å². The third-order valence-corrected chi connectivity index (χ3v) is 9.37. The summed E-state index contributed by atoms with van der Waals surface area (Å²) in [5.74, 6) is 0. The van der Waals surface area contributed by atoms with Crippen molar-refractivity contribution >= 4 is 0 Å². The quantitative estimate of drug-likeness (QED) is 0.0327. The zero-order valence-electron chi connectivity index (χ0n) is 30.8. The summed E-state index contributed by atoms with van der Waals surface area (Å²) in [6.45, 7) is 7.30. The number of aliphatic hydroxyl groups is 1. The lowest BCUT2D eigenvalue weighted by Gasteiger charge is -2.32. The predicted molar refractivity (Wildman–Crippen MR) is 206 cm³/mol. The smallest absolute Gasteiger partial charge is 0.121 e. The molecule has 4 heteroatoms. The Hall–Kier alpha value is -1.20. The molecule has 2 atom stereocenters. The highest BCUT2D eigenvalue weighted by molar-refractivity contribution is 4.93. The Labute approximate surface area is 287 Å². The SMILES string of the molecule is CCCCC/C=C\C/C=C\CCCCCCCCC(CCCCCCCC/C=C\C/C=C\CCCCC)NC(O)C1CNCCN1. The van der Waals surface area contributed by atoms with Crippen LogP contribution in [-0.4, -0.2) is 43.1 Å². The Morgan fingerprint density at radius 1 is 0.543 bits per heavy atom. The third kappa shape index (κ3) is 29.0. The summed E-state index contributed by atoms with van der Waals surface area (Å²) in [6, 6.07) is 0.540. The van der Waals surface area contributed by atoms with Gasteiger partial charge in [-0.1, -0.05) is 152 Å².